The molecule has 8 heteroatoms. The fourth-order valence-corrected chi connectivity index (χ4v) is 4.18. The first-order valence-electron chi connectivity index (χ1n) is 12.6. The Hall–Kier alpha value is -4.65. The van der Waals surface area contributed by atoms with E-state index in [0.717, 1.165) is 11.3 Å². The Morgan fingerprint density at radius 2 is 1.44 bits per heavy atom. The number of anilines is 2. The summed E-state index contributed by atoms with van der Waals surface area (Å²) in [6.45, 7) is 0. The summed E-state index contributed by atoms with van der Waals surface area (Å²) in [7, 11) is 3.88. The number of nitrogens with zero attached hydrogens (tertiary/aromatic N) is 1. The van der Waals surface area contributed by atoms with Crippen LogP contribution in [0.3, 0.4) is 0 Å². The van der Waals surface area contributed by atoms with Gasteiger partial charge in [-0.2, -0.15) is 0 Å². The summed E-state index contributed by atoms with van der Waals surface area (Å²) in [6, 6.07) is 27.8. The smallest absolute Gasteiger partial charge is 0.272 e. The van der Waals surface area contributed by atoms with Crippen LogP contribution in [0.15, 0.2) is 109 Å². The number of rotatable bonds is 9. The van der Waals surface area contributed by atoms with Gasteiger partial charge in [0, 0.05) is 36.6 Å². The molecule has 6 nitrogen and oxygen atoms in total. The van der Waals surface area contributed by atoms with Crippen molar-refractivity contribution in [3.63, 3.8) is 0 Å². The van der Waals surface area contributed by atoms with Gasteiger partial charge >= 0.3 is 0 Å². The van der Waals surface area contributed by atoms with Gasteiger partial charge in [0.15, 0.2) is 5.78 Å². The number of ketones is 1. The van der Waals surface area contributed by atoms with Crippen LogP contribution in [-0.4, -0.2) is 31.7 Å². The molecular weight excluding hydrogens is 557 g/mol. The van der Waals surface area contributed by atoms with Crippen molar-refractivity contribution in [2.45, 2.75) is 0 Å². The van der Waals surface area contributed by atoms with Crippen molar-refractivity contribution in [2.24, 2.45) is 0 Å². The van der Waals surface area contributed by atoms with Gasteiger partial charge in [-0.15, -0.1) is 0 Å². The van der Waals surface area contributed by atoms with Crippen LogP contribution < -0.4 is 15.5 Å². The van der Waals surface area contributed by atoms with Gasteiger partial charge in [-0.1, -0.05) is 65.7 Å². The standard InChI is InChI=1S/C33H27Cl2N3O3/c1-38(2)27-18-11-22(12-19-27)21-29(37-32(40)25-7-4-3-5-8-25)33(41)36-26-16-13-23(14-17-26)30(39)20-15-24-9-6-10-28(34)31(24)35/h3-21H,1-2H3,(H,36,41)(H,37,40)/b20-15+,29-21-. The number of carbonyl (C=O) groups is 3. The minimum absolute atomic E-state index is 0.0675. The zero-order valence-corrected chi connectivity index (χ0v) is 23.9. The first-order valence-corrected chi connectivity index (χ1v) is 13.4. The van der Waals surface area contributed by atoms with Crippen LogP contribution >= 0.6 is 23.2 Å². The quantitative estimate of drug-likeness (QED) is 0.159. The van der Waals surface area contributed by atoms with Crippen LogP contribution in [0.1, 0.15) is 31.8 Å². The van der Waals surface area contributed by atoms with Crippen LogP contribution in [0, 0.1) is 0 Å². The average molecular weight is 585 g/mol. The summed E-state index contributed by atoms with van der Waals surface area (Å²) in [5.74, 6) is -1.17. The highest BCUT2D eigenvalue weighted by Crippen LogP contribution is 2.26. The average Bonchev–Trinajstić information content (AvgIpc) is 2.98. The molecule has 0 radical (unpaired) electrons. The Bertz CT molecular complexity index is 1610. The third-order valence-corrected chi connectivity index (χ3v) is 6.91. The molecule has 0 aliphatic carbocycles. The highest BCUT2D eigenvalue weighted by molar-refractivity contribution is 6.43. The van der Waals surface area contributed by atoms with Gasteiger partial charge in [0.05, 0.1) is 10.0 Å². The minimum atomic E-state index is -0.513. The van der Waals surface area contributed by atoms with Crippen molar-refractivity contribution in [2.75, 3.05) is 24.3 Å². The molecule has 0 unspecified atom stereocenters. The van der Waals surface area contributed by atoms with Crippen molar-refractivity contribution < 1.29 is 14.4 Å². The molecule has 0 spiro atoms. The number of amides is 2. The number of hydrogen-bond donors (Lipinski definition) is 2. The van der Waals surface area contributed by atoms with E-state index in [1.165, 1.54) is 6.08 Å². The molecule has 0 saturated carbocycles. The van der Waals surface area contributed by atoms with E-state index >= 15 is 0 Å². The Labute approximate surface area is 248 Å². The van der Waals surface area contributed by atoms with Gasteiger partial charge < -0.3 is 15.5 Å². The van der Waals surface area contributed by atoms with E-state index in [9.17, 15) is 14.4 Å². The van der Waals surface area contributed by atoms with Gasteiger partial charge in [0.25, 0.3) is 11.8 Å². The van der Waals surface area contributed by atoms with Gasteiger partial charge in [0.1, 0.15) is 5.70 Å². The monoisotopic (exact) mass is 583 g/mol. The molecule has 0 aromatic heterocycles. The molecule has 2 N–H and O–H groups in total. The van der Waals surface area contributed by atoms with Crippen LogP contribution in [0.25, 0.3) is 12.2 Å². The van der Waals surface area contributed by atoms with Crippen molar-refractivity contribution in [3.8, 4) is 0 Å². The zero-order valence-electron chi connectivity index (χ0n) is 22.4. The maximum Gasteiger partial charge on any atom is 0.272 e. The van der Waals surface area contributed by atoms with E-state index in [0.29, 0.717) is 32.4 Å². The molecule has 2 amide bonds. The third kappa shape index (κ3) is 7.94. The molecule has 0 heterocycles. The predicted octanol–water partition coefficient (Wildman–Crippen LogP) is 7.37. The lowest BCUT2D eigenvalue weighted by atomic mass is 10.1. The molecule has 206 valence electrons. The fourth-order valence-electron chi connectivity index (χ4n) is 3.80. The van der Waals surface area contributed by atoms with Crippen LogP contribution in [-0.2, 0) is 4.79 Å². The van der Waals surface area contributed by atoms with E-state index in [4.69, 9.17) is 23.2 Å². The van der Waals surface area contributed by atoms with Crippen molar-refractivity contribution >= 4 is 64.3 Å². The fraction of sp³-hybridized carbons (Fsp3) is 0.0606. The second kappa shape index (κ2) is 13.6. The number of nitrogens with one attached hydrogen (secondary N) is 2. The first-order chi connectivity index (χ1) is 19.7. The van der Waals surface area contributed by atoms with Crippen molar-refractivity contribution in [1.29, 1.82) is 0 Å². The molecule has 41 heavy (non-hydrogen) atoms. The molecule has 0 atom stereocenters. The maximum absolute atomic E-state index is 13.3. The van der Waals surface area contributed by atoms with Crippen LogP contribution in [0.2, 0.25) is 10.0 Å². The van der Waals surface area contributed by atoms with Crippen LogP contribution in [0.4, 0.5) is 11.4 Å². The normalized spacial score (nSPS) is 11.3. The summed E-state index contributed by atoms with van der Waals surface area (Å²) in [5, 5.41) is 6.29. The topological polar surface area (TPSA) is 78.5 Å². The number of allylic oxidation sites excluding steroid dienone is 1. The molecule has 4 aromatic rings. The largest absolute Gasteiger partial charge is 0.378 e. The van der Waals surface area contributed by atoms with E-state index in [1.807, 2.05) is 49.3 Å². The highest BCUT2D eigenvalue weighted by Gasteiger charge is 2.15. The van der Waals surface area contributed by atoms with Crippen LogP contribution in [0.5, 0.6) is 0 Å². The SMILES string of the molecule is CN(C)c1ccc(/C=C(\NC(=O)c2ccccc2)C(=O)Nc2ccc(C(=O)/C=C/c3cccc(Cl)c3Cl)cc2)cc1. The Morgan fingerprint density at radius 3 is 2.10 bits per heavy atom. The van der Waals surface area contributed by atoms with Gasteiger partial charge in [0.2, 0.25) is 0 Å². The lowest BCUT2D eigenvalue weighted by Crippen LogP contribution is -2.30. The zero-order chi connectivity index (χ0) is 29.4. The second-order valence-corrected chi connectivity index (χ2v) is 10.0. The number of hydrogen-bond acceptors (Lipinski definition) is 4. The first kappa shape index (κ1) is 29.3. The number of benzene rings is 4. The van der Waals surface area contributed by atoms with E-state index in [-0.39, 0.29) is 11.5 Å². The predicted molar refractivity (Wildman–Crippen MR) is 168 cm³/mol. The van der Waals surface area contributed by atoms with Crippen molar-refractivity contribution in [3.05, 3.63) is 141 Å². The molecule has 0 aliphatic heterocycles. The summed E-state index contributed by atoms with van der Waals surface area (Å²) >= 11 is 12.2. The summed E-state index contributed by atoms with van der Waals surface area (Å²) in [5.41, 5.74) is 3.73. The number of halogens is 2. The second-order valence-electron chi connectivity index (χ2n) is 9.24. The molecular formula is C33H27Cl2N3O3. The minimum Gasteiger partial charge on any atom is -0.378 e. The van der Waals surface area contributed by atoms with Gasteiger partial charge in [-0.25, -0.2) is 0 Å². The third-order valence-electron chi connectivity index (χ3n) is 6.07. The molecule has 0 bridgehead atoms. The Morgan fingerprint density at radius 1 is 0.756 bits per heavy atom. The molecule has 0 fully saturated rings. The molecule has 4 aromatic carbocycles. The number of carbonyl (C=O) groups excluding carboxylic acids is 3. The maximum atomic E-state index is 13.3. The highest BCUT2D eigenvalue weighted by atomic mass is 35.5. The molecule has 4 rings (SSSR count). The summed E-state index contributed by atoms with van der Waals surface area (Å²) in [4.78, 5) is 40.8. The Kier molecular flexibility index (Phi) is 9.74. The summed E-state index contributed by atoms with van der Waals surface area (Å²) < 4.78 is 0. The lowest BCUT2D eigenvalue weighted by molar-refractivity contribution is -0.113. The van der Waals surface area contributed by atoms with E-state index < -0.39 is 11.8 Å². The Balaban J connectivity index is 1.51. The van der Waals surface area contributed by atoms with E-state index in [1.54, 1.807) is 78.9 Å². The van der Waals surface area contributed by atoms with Crippen molar-refractivity contribution in [1.82, 2.24) is 5.32 Å². The van der Waals surface area contributed by atoms with E-state index in [2.05, 4.69) is 10.6 Å². The van der Waals surface area contributed by atoms with Gasteiger partial charge in [-0.05, 0) is 84.0 Å². The molecule has 0 aliphatic rings. The lowest BCUT2D eigenvalue weighted by Gasteiger charge is -2.13. The van der Waals surface area contributed by atoms with Gasteiger partial charge in [-0.3, -0.25) is 14.4 Å². The molecule has 0 saturated heterocycles. The summed E-state index contributed by atoms with van der Waals surface area (Å²) in [6.07, 6.45) is 4.62.